The maximum Gasteiger partial charge on any atom is 0.0340 e. The summed E-state index contributed by atoms with van der Waals surface area (Å²) >= 11 is 0. The molecule has 0 aromatic carbocycles. The molecule has 0 unspecified atom stereocenters. The fourth-order valence-electron chi connectivity index (χ4n) is 0.800. The van der Waals surface area contributed by atoms with Crippen LogP contribution < -0.4 is 10.4 Å². The minimum absolute atomic E-state index is 0.964. The van der Waals surface area contributed by atoms with Crippen molar-refractivity contribution in [2.75, 3.05) is 0 Å². The number of hydrogen-bond donors (Lipinski definition) is 0. The van der Waals surface area contributed by atoms with Crippen LogP contribution in [0.5, 0.6) is 0 Å². The highest BCUT2D eigenvalue weighted by Gasteiger charge is 1.77. The van der Waals surface area contributed by atoms with Gasteiger partial charge in [-0.15, -0.1) is 0 Å². The van der Waals surface area contributed by atoms with E-state index < -0.39 is 0 Å². The molecule has 0 amide bonds. The molecule has 0 aliphatic heterocycles. The van der Waals surface area contributed by atoms with Gasteiger partial charge >= 0.3 is 0 Å². The summed E-state index contributed by atoms with van der Waals surface area (Å²) in [5.74, 6) is 0. The standard InChI is InChI=1S/C10H11N/c1-3-4-5-10-6-7-11-8-9(10)2/h3-8H,2H2,1H3/b4-3-,10-5-. The van der Waals surface area contributed by atoms with Gasteiger partial charge in [0.1, 0.15) is 0 Å². The second kappa shape index (κ2) is 3.71. The molecule has 1 rings (SSSR count). The van der Waals surface area contributed by atoms with Gasteiger partial charge in [-0.25, -0.2) is 0 Å². The van der Waals surface area contributed by atoms with Gasteiger partial charge in [0.05, 0.1) is 0 Å². The van der Waals surface area contributed by atoms with Gasteiger partial charge in [0.15, 0.2) is 0 Å². The number of rotatable bonds is 1. The minimum Gasteiger partial charge on any atom is -0.264 e. The first-order valence-electron chi connectivity index (χ1n) is 3.56. The van der Waals surface area contributed by atoms with E-state index in [4.69, 9.17) is 0 Å². The first-order valence-corrected chi connectivity index (χ1v) is 3.56. The second-order valence-corrected chi connectivity index (χ2v) is 2.27. The highest BCUT2D eigenvalue weighted by molar-refractivity contribution is 5.36. The quantitative estimate of drug-likeness (QED) is 0.571. The van der Waals surface area contributed by atoms with E-state index >= 15 is 0 Å². The Hall–Kier alpha value is -1.37. The molecule has 1 heterocycles. The van der Waals surface area contributed by atoms with Crippen LogP contribution in [0.15, 0.2) is 30.6 Å². The number of aromatic nitrogens is 1. The zero-order valence-corrected chi connectivity index (χ0v) is 6.62. The van der Waals surface area contributed by atoms with Crippen LogP contribution in [-0.2, 0) is 0 Å². The van der Waals surface area contributed by atoms with E-state index in [1.807, 2.05) is 31.2 Å². The Kier molecular flexibility index (Phi) is 2.61. The Morgan fingerprint density at radius 1 is 1.55 bits per heavy atom. The SMILES string of the molecule is C=c1cncc/c1=C/C=C\C. The third-order valence-electron chi connectivity index (χ3n) is 1.41. The van der Waals surface area contributed by atoms with Crippen molar-refractivity contribution in [1.29, 1.82) is 0 Å². The summed E-state index contributed by atoms with van der Waals surface area (Å²) < 4.78 is 0. The first kappa shape index (κ1) is 7.73. The summed E-state index contributed by atoms with van der Waals surface area (Å²) in [5, 5.41) is 2.09. The Bertz CT molecular complexity index is 349. The van der Waals surface area contributed by atoms with E-state index in [0.29, 0.717) is 0 Å². The van der Waals surface area contributed by atoms with Crippen LogP contribution in [0.25, 0.3) is 12.7 Å². The number of pyridine rings is 1. The monoisotopic (exact) mass is 145 g/mol. The largest absolute Gasteiger partial charge is 0.264 e. The first-order chi connectivity index (χ1) is 5.34. The lowest BCUT2D eigenvalue weighted by Crippen LogP contribution is -2.22. The van der Waals surface area contributed by atoms with Crippen molar-refractivity contribution >= 4 is 12.7 Å². The molecule has 0 saturated heterocycles. The van der Waals surface area contributed by atoms with Crippen LogP contribution in [0, 0.1) is 0 Å². The van der Waals surface area contributed by atoms with E-state index in [-0.39, 0.29) is 0 Å². The zero-order valence-electron chi connectivity index (χ0n) is 6.62. The Balaban J connectivity index is 3.24. The summed E-state index contributed by atoms with van der Waals surface area (Å²) in [6.07, 6.45) is 9.52. The minimum atomic E-state index is 0.964. The maximum atomic E-state index is 3.95. The number of allylic oxidation sites excluding steroid dienone is 2. The molecule has 1 aromatic rings. The van der Waals surface area contributed by atoms with Crippen molar-refractivity contribution < 1.29 is 0 Å². The molecule has 0 aliphatic carbocycles. The molecule has 1 heteroatoms. The van der Waals surface area contributed by atoms with Crippen molar-refractivity contribution in [3.8, 4) is 0 Å². The lowest BCUT2D eigenvalue weighted by atomic mass is 10.3. The summed E-state index contributed by atoms with van der Waals surface area (Å²) in [5.41, 5.74) is 0. The summed E-state index contributed by atoms with van der Waals surface area (Å²) in [7, 11) is 0. The van der Waals surface area contributed by atoms with E-state index in [0.717, 1.165) is 10.4 Å². The fraction of sp³-hybridized carbons (Fsp3) is 0.100. The average Bonchev–Trinajstić information content (AvgIpc) is 2.03. The topological polar surface area (TPSA) is 12.9 Å². The maximum absolute atomic E-state index is 3.95. The molecule has 1 nitrogen and oxygen atoms in total. The second-order valence-electron chi connectivity index (χ2n) is 2.27. The molecule has 0 aliphatic rings. The van der Waals surface area contributed by atoms with Crippen molar-refractivity contribution in [3.05, 3.63) is 41.0 Å². The normalized spacial score (nSPS) is 12.6. The number of nitrogens with zero attached hydrogens (tertiary/aromatic N) is 1. The van der Waals surface area contributed by atoms with E-state index in [9.17, 15) is 0 Å². The van der Waals surface area contributed by atoms with Crippen LogP contribution in [0.2, 0.25) is 0 Å². The molecule has 0 saturated carbocycles. The molecule has 0 N–H and O–H groups in total. The van der Waals surface area contributed by atoms with Crippen LogP contribution in [0.3, 0.4) is 0 Å². The van der Waals surface area contributed by atoms with Crippen LogP contribution in [0.4, 0.5) is 0 Å². The zero-order chi connectivity index (χ0) is 8.10. The van der Waals surface area contributed by atoms with Gasteiger partial charge in [-0.2, -0.15) is 0 Å². The number of hydrogen-bond acceptors (Lipinski definition) is 1. The van der Waals surface area contributed by atoms with Gasteiger partial charge in [0, 0.05) is 12.4 Å². The highest BCUT2D eigenvalue weighted by Crippen LogP contribution is 1.70. The third-order valence-corrected chi connectivity index (χ3v) is 1.41. The predicted molar refractivity (Wildman–Crippen MR) is 48.3 cm³/mol. The lowest BCUT2D eigenvalue weighted by molar-refractivity contribution is 1.28. The Morgan fingerprint density at radius 3 is 3.00 bits per heavy atom. The van der Waals surface area contributed by atoms with Crippen LogP contribution in [-0.4, -0.2) is 4.98 Å². The predicted octanol–water partition coefficient (Wildman–Crippen LogP) is 0.849. The van der Waals surface area contributed by atoms with E-state index in [1.165, 1.54) is 0 Å². The smallest absolute Gasteiger partial charge is 0.0340 e. The van der Waals surface area contributed by atoms with Crippen molar-refractivity contribution in [3.63, 3.8) is 0 Å². The van der Waals surface area contributed by atoms with Crippen molar-refractivity contribution in [2.45, 2.75) is 6.92 Å². The van der Waals surface area contributed by atoms with Gasteiger partial charge in [0.2, 0.25) is 0 Å². The molecule has 0 bridgehead atoms. The van der Waals surface area contributed by atoms with E-state index in [1.54, 1.807) is 12.4 Å². The Morgan fingerprint density at radius 2 is 2.36 bits per heavy atom. The average molecular weight is 145 g/mol. The summed E-state index contributed by atoms with van der Waals surface area (Å²) in [4.78, 5) is 3.95. The van der Waals surface area contributed by atoms with Crippen LogP contribution in [0.1, 0.15) is 6.92 Å². The molecular weight excluding hydrogens is 134 g/mol. The molecule has 0 spiro atoms. The molecule has 0 atom stereocenters. The van der Waals surface area contributed by atoms with Gasteiger partial charge < -0.3 is 0 Å². The highest BCUT2D eigenvalue weighted by atomic mass is 14.6. The van der Waals surface area contributed by atoms with Gasteiger partial charge in [-0.05, 0) is 23.4 Å². The molecule has 56 valence electrons. The fourth-order valence-corrected chi connectivity index (χ4v) is 0.800. The van der Waals surface area contributed by atoms with E-state index in [2.05, 4.69) is 11.6 Å². The Labute approximate surface area is 66.4 Å². The van der Waals surface area contributed by atoms with Crippen molar-refractivity contribution in [1.82, 2.24) is 4.98 Å². The third kappa shape index (κ3) is 2.04. The molecular formula is C10H11N. The summed E-state index contributed by atoms with van der Waals surface area (Å²) in [6.45, 7) is 5.83. The van der Waals surface area contributed by atoms with Gasteiger partial charge in [-0.1, -0.05) is 24.8 Å². The molecule has 0 fully saturated rings. The van der Waals surface area contributed by atoms with Crippen LogP contribution >= 0.6 is 0 Å². The van der Waals surface area contributed by atoms with Crippen molar-refractivity contribution in [2.24, 2.45) is 0 Å². The van der Waals surface area contributed by atoms with Gasteiger partial charge in [-0.3, -0.25) is 4.98 Å². The molecule has 0 radical (unpaired) electrons. The lowest BCUT2D eigenvalue weighted by Gasteiger charge is -1.83. The molecule has 11 heavy (non-hydrogen) atoms. The molecule has 1 aromatic heterocycles. The summed E-state index contributed by atoms with van der Waals surface area (Å²) in [6, 6.07) is 1.95. The van der Waals surface area contributed by atoms with Gasteiger partial charge in [0.25, 0.3) is 0 Å².